The first kappa shape index (κ1) is 14.0. The zero-order valence-electron chi connectivity index (χ0n) is 8.48. The first-order valence-electron chi connectivity index (χ1n) is 4.06. The molecule has 0 unspecified atom stereocenters. The number of carbonyl (C=O) groups excluding carboxylic acids is 1. The summed E-state index contributed by atoms with van der Waals surface area (Å²) >= 11 is 0. The largest absolute Gasteiger partial charge is 0.392 e. The molecular formula is C7H14N2O5S. The van der Waals surface area contributed by atoms with Crippen LogP contribution in [0.5, 0.6) is 0 Å². The molecule has 7 nitrogen and oxygen atoms in total. The van der Waals surface area contributed by atoms with Gasteiger partial charge in [0, 0.05) is 6.92 Å². The van der Waals surface area contributed by atoms with Crippen LogP contribution in [0, 0.1) is 0 Å². The van der Waals surface area contributed by atoms with Crippen molar-refractivity contribution in [3.8, 4) is 0 Å². The van der Waals surface area contributed by atoms with Crippen LogP contribution in [0.15, 0.2) is 11.6 Å². The SMILES string of the molecule is CC(=O)NS(=O)(=O)NOC/C=C(\C)CO. The molecular weight excluding hydrogens is 224 g/mol. The number of aliphatic hydroxyl groups excluding tert-OH is 1. The number of aliphatic hydroxyl groups is 1. The van der Waals surface area contributed by atoms with Gasteiger partial charge in [-0.1, -0.05) is 11.0 Å². The maximum atomic E-state index is 10.9. The van der Waals surface area contributed by atoms with Crippen molar-refractivity contribution in [3.63, 3.8) is 0 Å². The molecule has 0 atom stereocenters. The van der Waals surface area contributed by atoms with E-state index in [1.165, 1.54) is 6.08 Å². The Balaban J connectivity index is 3.91. The molecule has 0 aromatic carbocycles. The Morgan fingerprint density at radius 3 is 2.53 bits per heavy atom. The zero-order chi connectivity index (χ0) is 11.9. The predicted octanol–water partition coefficient (Wildman–Crippen LogP) is -1.17. The Morgan fingerprint density at radius 2 is 2.07 bits per heavy atom. The summed E-state index contributed by atoms with van der Waals surface area (Å²) in [7, 11) is -3.95. The van der Waals surface area contributed by atoms with Gasteiger partial charge in [-0.2, -0.15) is 8.42 Å². The minimum Gasteiger partial charge on any atom is -0.392 e. The van der Waals surface area contributed by atoms with Gasteiger partial charge in [0.05, 0.1) is 13.2 Å². The van der Waals surface area contributed by atoms with E-state index in [-0.39, 0.29) is 13.2 Å². The predicted molar refractivity (Wildman–Crippen MR) is 52.7 cm³/mol. The van der Waals surface area contributed by atoms with Crippen LogP contribution in [0.1, 0.15) is 13.8 Å². The van der Waals surface area contributed by atoms with Crippen molar-refractivity contribution in [2.24, 2.45) is 0 Å². The Morgan fingerprint density at radius 1 is 1.47 bits per heavy atom. The highest BCUT2D eigenvalue weighted by molar-refractivity contribution is 7.87. The van der Waals surface area contributed by atoms with Crippen LogP contribution in [-0.4, -0.2) is 32.6 Å². The Bertz CT molecular complexity index is 335. The molecule has 0 heterocycles. The molecule has 3 N–H and O–H groups in total. The van der Waals surface area contributed by atoms with Crippen LogP contribution in [0.2, 0.25) is 0 Å². The fourth-order valence-corrected chi connectivity index (χ4v) is 1.21. The van der Waals surface area contributed by atoms with Gasteiger partial charge in [-0.05, 0) is 12.5 Å². The minimum absolute atomic E-state index is 0.0365. The highest BCUT2D eigenvalue weighted by Gasteiger charge is 2.09. The van der Waals surface area contributed by atoms with Crippen LogP contribution in [0.4, 0.5) is 0 Å². The van der Waals surface area contributed by atoms with Crippen LogP contribution in [0.3, 0.4) is 0 Å². The van der Waals surface area contributed by atoms with Gasteiger partial charge in [-0.25, -0.2) is 4.72 Å². The van der Waals surface area contributed by atoms with Crippen LogP contribution in [0.25, 0.3) is 0 Å². The Hall–Kier alpha value is -0.960. The zero-order valence-corrected chi connectivity index (χ0v) is 9.30. The summed E-state index contributed by atoms with van der Waals surface area (Å²) in [5, 5.41) is 8.59. The number of nitrogens with one attached hydrogen (secondary N) is 2. The lowest BCUT2D eigenvalue weighted by atomic mass is 10.3. The smallest absolute Gasteiger partial charge is 0.323 e. The maximum Gasteiger partial charge on any atom is 0.323 e. The average Bonchev–Trinajstić information content (AvgIpc) is 2.10. The molecule has 0 radical (unpaired) electrons. The van der Waals surface area contributed by atoms with Crippen molar-refractivity contribution in [1.29, 1.82) is 0 Å². The fraction of sp³-hybridized carbons (Fsp3) is 0.571. The quantitative estimate of drug-likeness (QED) is 0.307. The van der Waals surface area contributed by atoms with E-state index in [0.29, 0.717) is 5.57 Å². The summed E-state index contributed by atoms with van der Waals surface area (Å²) in [5.41, 5.74) is 0.647. The van der Waals surface area contributed by atoms with Gasteiger partial charge < -0.3 is 5.11 Å². The molecule has 0 aromatic heterocycles. The number of amides is 1. The second-order valence-electron chi connectivity index (χ2n) is 2.76. The van der Waals surface area contributed by atoms with Crippen molar-refractivity contribution in [2.45, 2.75) is 13.8 Å². The lowest BCUT2D eigenvalue weighted by molar-refractivity contribution is -0.117. The van der Waals surface area contributed by atoms with E-state index >= 15 is 0 Å². The van der Waals surface area contributed by atoms with E-state index in [4.69, 9.17) is 5.11 Å². The van der Waals surface area contributed by atoms with E-state index in [9.17, 15) is 13.2 Å². The summed E-state index contributed by atoms with van der Waals surface area (Å²) in [6, 6.07) is 0. The minimum atomic E-state index is -3.95. The molecule has 0 aliphatic carbocycles. The van der Waals surface area contributed by atoms with Gasteiger partial charge in [0.2, 0.25) is 5.91 Å². The van der Waals surface area contributed by atoms with Crippen LogP contribution < -0.4 is 9.61 Å². The Kier molecular flexibility index (Phi) is 6.09. The molecule has 0 aliphatic rings. The van der Waals surface area contributed by atoms with Gasteiger partial charge in [-0.3, -0.25) is 9.63 Å². The molecule has 0 spiro atoms. The molecule has 88 valence electrons. The second kappa shape index (κ2) is 6.51. The summed E-state index contributed by atoms with van der Waals surface area (Å²) in [5.74, 6) is -0.715. The summed E-state index contributed by atoms with van der Waals surface area (Å²) in [6.45, 7) is 2.56. The van der Waals surface area contributed by atoms with Crippen LogP contribution in [-0.2, 0) is 19.8 Å². The van der Waals surface area contributed by atoms with Crippen molar-refractivity contribution in [1.82, 2.24) is 9.61 Å². The number of carbonyl (C=O) groups is 1. The molecule has 0 saturated carbocycles. The third kappa shape index (κ3) is 8.06. The van der Waals surface area contributed by atoms with E-state index in [0.717, 1.165) is 6.92 Å². The third-order valence-electron chi connectivity index (χ3n) is 1.21. The number of hydrogen-bond acceptors (Lipinski definition) is 5. The summed E-state index contributed by atoms with van der Waals surface area (Å²) < 4.78 is 23.5. The highest BCUT2D eigenvalue weighted by Crippen LogP contribution is 1.88. The maximum absolute atomic E-state index is 10.9. The van der Waals surface area contributed by atoms with Gasteiger partial charge >= 0.3 is 10.2 Å². The van der Waals surface area contributed by atoms with E-state index < -0.39 is 16.1 Å². The average molecular weight is 238 g/mol. The molecule has 0 aliphatic heterocycles. The highest BCUT2D eigenvalue weighted by atomic mass is 32.2. The normalized spacial score (nSPS) is 12.6. The molecule has 15 heavy (non-hydrogen) atoms. The molecule has 0 saturated heterocycles. The molecule has 0 rings (SSSR count). The molecule has 0 fully saturated rings. The van der Waals surface area contributed by atoms with E-state index in [2.05, 4.69) is 4.84 Å². The van der Waals surface area contributed by atoms with Crippen molar-refractivity contribution in [3.05, 3.63) is 11.6 Å². The van der Waals surface area contributed by atoms with Gasteiger partial charge in [0.15, 0.2) is 0 Å². The van der Waals surface area contributed by atoms with Gasteiger partial charge in [0.1, 0.15) is 0 Å². The van der Waals surface area contributed by atoms with Crippen molar-refractivity contribution in [2.75, 3.05) is 13.2 Å². The lowest BCUT2D eigenvalue weighted by Gasteiger charge is -2.05. The Labute approximate surface area is 88.3 Å². The van der Waals surface area contributed by atoms with Gasteiger partial charge in [-0.15, -0.1) is 0 Å². The van der Waals surface area contributed by atoms with Crippen LogP contribution >= 0.6 is 0 Å². The molecule has 0 aromatic rings. The monoisotopic (exact) mass is 238 g/mol. The topological polar surface area (TPSA) is 105 Å². The third-order valence-corrected chi connectivity index (χ3v) is 2.10. The summed E-state index contributed by atoms with van der Waals surface area (Å²) in [4.78, 5) is 16.6. The van der Waals surface area contributed by atoms with Crippen molar-refractivity contribution < 1.29 is 23.2 Å². The number of hydrogen-bond donors (Lipinski definition) is 3. The molecule has 0 bridgehead atoms. The second-order valence-corrected chi connectivity index (χ2v) is 4.14. The fourth-order valence-electron chi connectivity index (χ4n) is 0.570. The van der Waals surface area contributed by atoms with E-state index in [1.807, 2.05) is 0 Å². The standard InChI is InChI=1S/C7H14N2O5S/c1-6(5-10)3-4-14-9-15(12,13)8-7(2)11/h3,9-10H,4-5H2,1-2H3,(H,8,11)/b6-3+. The van der Waals surface area contributed by atoms with Crippen molar-refractivity contribution >= 4 is 16.1 Å². The number of rotatable bonds is 6. The first-order valence-corrected chi connectivity index (χ1v) is 5.54. The first-order chi connectivity index (χ1) is 6.87. The van der Waals surface area contributed by atoms with Gasteiger partial charge in [0.25, 0.3) is 0 Å². The lowest BCUT2D eigenvalue weighted by Crippen LogP contribution is -2.39. The van der Waals surface area contributed by atoms with E-state index in [1.54, 1.807) is 16.5 Å². The molecule has 8 heteroatoms. The summed E-state index contributed by atoms with van der Waals surface area (Å²) in [6.07, 6.45) is 1.50. The molecule has 1 amide bonds.